The number of nitrogen functional groups attached to an aromatic ring is 1. The number of nitrogens with one attached hydrogen (secondary N) is 1. The third-order valence-electron chi connectivity index (χ3n) is 2.95. The van der Waals surface area contributed by atoms with E-state index < -0.39 is 21.3 Å². The number of carbonyl (C=O) groups is 1. The third kappa shape index (κ3) is 3.62. The molecule has 0 atom stereocenters. The first-order valence-electron chi connectivity index (χ1n) is 5.82. The molecule has 0 spiro atoms. The standard InChI is InChI=1S/C12H18ClN3O3S/c1-7-4-8(13)9(14)5-10(7)20(18,19)16-6-12(2,3)11(15)17/h4-5,16H,6,14H2,1-3H3,(H2,15,17). The summed E-state index contributed by atoms with van der Waals surface area (Å²) in [5.41, 5.74) is 10.5. The van der Waals surface area contributed by atoms with Crippen LogP contribution in [-0.2, 0) is 14.8 Å². The van der Waals surface area contributed by atoms with Crippen LogP contribution in [0.25, 0.3) is 0 Å². The Labute approximate surface area is 123 Å². The number of anilines is 1. The molecule has 1 aromatic rings. The van der Waals surface area contributed by atoms with Gasteiger partial charge in [0.1, 0.15) is 0 Å². The average Bonchev–Trinajstić information content (AvgIpc) is 2.31. The van der Waals surface area contributed by atoms with E-state index in [1.165, 1.54) is 12.1 Å². The Morgan fingerprint density at radius 1 is 1.40 bits per heavy atom. The molecule has 0 bridgehead atoms. The first-order chi connectivity index (χ1) is 8.97. The second-order valence-electron chi connectivity index (χ2n) is 5.21. The Bertz CT molecular complexity index is 642. The first kappa shape index (κ1) is 16.7. The van der Waals surface area contributed by atoms with Crippen molar-refractivity contribution in [2.45, 2.75) is 25.7 Å². The van der Waals surface area contributed by atoms with Gasteiger partial charge in [-0.25, -0.2) is 13.1 Å². The normalized spacial score (nSPS) is 12.4. The molecule has 1 amide bonds. The van der Waals surface area contributed by atoms with Crippen molar-refractivity contribution in [1.82, 2.24) is 4.72 Å². The summed E-state index contributed by atoms with van der Waals surface area (Å²) in [6.07, 6.45) is 0. The summed E-state index contributed by atoms with van der Waals surface area (Å²) in [6.45, 7) is 4.62. The molecule has 0 heterocycles. The Kier molecular flexibility index (Phi) is 4.68. The first-order valence-corrected chi connectivity index (χ1v) is 7.68. The maximum atomic E-state index is 12.2. The molecule has 0 unspecified atom stereocenters. The third-order valence-corrected chi connectivity index (χ3v) is 4.83. The second-order valence-corrected chi connectivity index (χ2v) is 7.35. The van der Waals surface area contributed by atoms with Gasteiger partial charge in [-0.3, -0.25) is 4.79 Å². The summed E-state index contributed by atoms with van der Waals surface area (Å²) in [5, 5.41) is 0.291. The number of aryl methyl sites for hydroxylation is 1. The highest BCUT2D eigenvalue weighted by Gasteiger charge is 2.28. The van der Waals surface area contributed by atoms with Crippen molar-refractivity contribution in [2.24, 2.45) is 11.1 Å². The van der Waals surface area contributed by atoms with E-state index in [1.54, 1.807) is 20.8 Å². The largest absolute Gasteiger partial charge is 0.397 e. The number of hydrogen-bond donors (Lipinski definition) is 3. The van der Waals surface area contributed by atoms with E-state index in [0.29, 0.717) is 10.6 Å². The van der Waals surface area contributed by atoms with E-state index >= 15 is 0 Å². The van der Waals surface area contributed by atoms with Gasteiger partial charge < -0.3 is 11.5 Å². The predicted molar refractivity (Wildman–Crippen MR) is 78.8 cm³/mol. The molecule has 5 N–H and O–H groups in total. The Hall–Kier alpha value is -1.31. The predicted octanol–water partition coefficient (Wildman–Crippen LogP) is 1.02. The lowest BCUT2D eigenvalue weighted by Crippen LogP contribution is -2.42. The van der Waals surface area contributed by atoms with Crippen LogP contribution in [0.4, 0.5) is 5.69 Å². The molecule has 20 heavy (non-hydrogen) atoms. The van der Waals surface area contributed by atoms with Crippen LogP contribution >= 0.6 is 11.6 Å². The van der Waals surface area contributed by atoms with Gasteiger partial charge in [0.05, 0.1) is 21.0 Å². The molecular weight excluding hydrogens is 302 g/mol. The molecule has 0 aliphatic rings. The Morgan fingerprint density at radius 2 is 1.95 bits per heavy atom. The molecule has 0 aliphatic heterocycles. The van der Waals surface area contributed by atoms with Crippen LogP contribution in [0.1, 0.15) is 19.4 Å². The summed E-state index contributed by atoms with van der Waals surface area (Å²) in [5.74, 6) is -0.590. The molecule has 0 fully saturated rings. The molecule has 1 aromatic carbocycles. The molecular formula is C12H18ClN3O3S. The zero-order valence-electron chi connectivity index (χ0n) is 11.5. The van der Waals surface area contributed by atoms with Gasteiger partial charge in [-0.1, -0.05) is 11.6 Å². The second kappa shape index (κ2) is 5.59. The fourth-order valence-corrected chi connectivity index (χ4v) is 3.09. The molecule has 0 aromatic heterocycles. The van der Waals surface area contributed by atoms with Crippen molar-refractivity contribution in [3.63, 3.8) is 0 Å². The minimum absolute atomic E-state index is 0.0275. The Morgan fingerprint density at radius 3 is 2.45 bits per heavy atom. The van der Waals surface area contributed by atoms with E-state index in [1.807, 2.05) is 0 Å². The van der Waals surface area contributed by atoms with Crippen molar-refractivity contribution >= 4 is 33.2 Å². The molecule has 6 nitrogen and oxygen atoms in total. The number of carbonyl (C=O) groups excluding carboxylic acids is 1. The smallest absolute Gasteiger partial charge is 0.240 e. The summed E-state index contributed by atoms with van der Waals surface area (Å²) in [4.78, 5) is 11.2. The molecule has 0 aliphatic carbocycles. The number of amides is 1. The number of halogens is 1. The van der Waals surface area contributed by atoms with Crippen molar-refractivity contribution in [1.29, 1.82) is 0 Å². The minimum atomic E-state index is -3.79. The highest BCUT2D eigenvalue weighted by atomic mass is 35.5. The number of primary amides is 1. The van der Waals surface area contributed by atoms with Crippen LogP contribution in [0.3, 0.4) is 0 Å². The molecule has 1 rings (SSSR count). The van der Waals surface area contributed by atoms with Crippen molar-refractivity contribution in [3.05, 3.63) is 22.7 Å². The number of hydrogen-bond acceptors (Lipinski definition) is 4. The highest BCUT2D eigenvalue weighted by molar-refractivity contribution is 7.89. The van der Waals surface area contributed by atoms with Gasteiger partial charge in [0.2, 0.25) is 15.9 Å². The van der Waals surface area contributed by atoms with Gasteiger partial charge in [-0.05, 0) is 38.5 Å². The lowest BCUT2D eigenvalue weighted by atomic mass is 9.93. The van der Waals surface area contributed by atoms with Crippen molar-refractivity contribution < 1.29 is 13.2 Å². The Balaban J connectivity index is 3.07. The monoisotopic (exact) mass is 319 g/mol. The quantitative estimate of drug-likeness (QED) is 0.703. The van der Waals surface area contributed by atoms with Crippen LogP contribution in [-0.4, -0.2) is 20.9 Å². The molecule has 112 valence electrons. The zero-order valence-corrected chi connectivity index (χ0v) is 13.1. The number of rotatable bonds is 5. The van der Waals surface area contributed by atoms with Crippen molar-refractivity contribution in [3.8, 4) is 0 Å². The number of nitrogens with two attached hydrogens (primary N) is 2. The number of benzene rings is 1. The summed E-state index contributed by atoms with van der Waals surface area (Å²) in [7, 11) is -3.79. The summed E-state index contributed by atoms with van der Waals surface area (Å²) in [6, 6.07) is 2.77. The van der Waals surface area contributed by atoms with Gasteiger partial charge in [0.15, 0.2) is 0 Å². The lowest BCUT2D eigenvalue weighted by Gasteiger charge is -2.21. The van der Waals surface area contributed by atoms with E-state index in [0.717, 1.165) is 0 Å². The van der Waals surface area contributed by atoms with Crippen LogP contribution in [0.15, 0.2) is 17.0 Å². The number of sulfonamides is 1. The van der Waals surface area contributed by atoms with Crippen molar-refractivity contribution in [2.75, 3.05) is 12.3 Å². The SMILES string of the molecule is Cc1cc(Cl)c(N)cc1S(=O)(=O)NCC(C)(C)C(N)=O. The van der Waals surface area contributed by atoms with Crippen LogP contribution in [0.2, 0.25) is 5.02 Å². The molecule has 8 heteroatoms. The molecule has 0 saturated heterocycles. The highest BCUT2D eigenvalue weighted by Crippen LogP contribution is 2.26. The zero-order chi connectivity index (χ0) is 15.7. The van der Waals surface area contributed by atoms with Gasteiger partial charge in [-0.15, -0.1) is 0 Å². The van der Waals surface area contributed by atoms with E-state index in [4.69, 9.17) is 23.1 Å². The fraction of sp³-hybridized carbons (Fsp3) is 0.417. The van der Waals surface area contributed by atoms with E-state index in [9.17, 15) is 13.2 Å². The topological polar surface area (TPSA) is 115 Å². The van der Waals surface area contributed by atoms with Gasteiger partial charge in [0.25, 0.3) is 0 Å². The van der Waals surface area contributed by atoms with E-state index in [2.05, 4.69) is 4.72 Å². The lowest BCUT2D eigenvalue weighted by molar-refractivity contribution is -0.125. The van der Waals surface area contributed by atoms with Crippen LogP contribution in [0, 0.1) is 12.3 Å². The fourth-order valence-electron chi connectivity index (χ4n) is 1.40. The maximum absolute atomic E-state index is 12.2. The van der Waals surface area contributed by atoms with Gasteiger partial charge in [0, 0.05) is 6.54 Å². The van der Waals surface area contributed by atoms with Crippen LogP contribution < -0.4 is 16.2 Å². The van der Waals surface area contributed by atoms with E-state index in [-0.39, 0.29) is 17.1 Å². The van der Waals surface area contributed by atoms with Gasteiger partial charge >= 0.3 is 0 Å². The van der Waals surface area contributed by atoms with Gasteiger partial charge in [-0.2, -0.15) is 0 Å². The minimum Gasteiger partial charge on any atom is -0.397 e. The molecule has 0 radical (unpaired) electrons. The average molecular weight is 320 g/mol. The van der Waals surface area contributed by atoms with Crippen LogP contribution in [0.5, 0.6) is 0 Å². The summed E-state index contributed by atoms with van der Waals surface area (Å²) >= 11 is 5.83. The molecule has 0 saturated carbocycles. The maximum Gasteiger partial charge on any atom is 0.240 e. The summed E-state index contributed by atoms with van der Waals surface area (Å²) < 4.78 is 26.8.